The summed E-state index contributed by atoms with van der Waals surface area (Å²) >= 11 is 7.72. The van der Waals surface area contributed by atoms with E-state index in [1.54, 1.807) is 11.3 Å². The molecular formula is C14H16ClNS. The summed E-state index contributed by atoms with van der Waals surface area (Å²) in [6, 6.07) is 9.97. The summed E-state index contributed by atoms with van der Waals surface area (Å²) in [4.78, 5) is 0. The average Bonchev–Trinajstić information content (AvgIpc) is 2.79. The zero-order valence-corrected chi connectivity index (χ0v) is 11.4. The minimum Gasteiger partial charge on any atom is -0.322 e. The molecule has 0 radical (unpaired) electrons. The third-order valence-electron chi connectivity index (χ3n) is 3.00. The molecule has 0 saturated heterocycles. The highest BCUT2D eigenvalue weighted by Crippen LogP contribution is 2.26. The van der Waals surface area contributed by atoms with Crippen LogP contribution in [0.25, 0.3) is 0 Å². The molecule has 0 aliphatic rings. The topological polar surface area (TPSA) is 26.0 Å². The van der Waals surface area contributed by atoms with Gasteiger partial charge in [0.15, 0.2) is 0 Å². The van der Waals surface area contributed by atoms with Crippen LogP contribution in [-0.4, -0.2) is 0 Å². The van der Waals surface area contributed by atoms with Crippen LogP contribution in [0.3, 0.4) is 0 Å². The van der Waals surface area contributed by atoms with E-state index in [4.69, 9.17) is 17.3 Å². The lowest BCUT2D eigenvalue weighted by Gasteiger charge is -2.25. The largest absolute Gasteiger partial charge is 0.322 e. The standard InChI is InChI=1S/C14H16ClNS/c1-14(16,7-5-11-6-8-17-10-11)12-3-2-4-13(15)9-12/h2-4,6,8-10H,5,7,16H2,1H3. The first-order valence-electron chi connectivity index (χ1n) is 5.64. The molecule has 0 aliphatic carbocycles. The molecule has 2 N–H and O–H groups in total. The van der Waals surface area contributed by atoms with Gasteiger partial charge in [0, 0.05) is 10.6 Å². The maximum atomic E-state index is 6.37. The first-order valence-corrected chi connectivity index (χ1v) is 6.96. The fraction of sp³-hybridized carbons (Fsp3) is 0.286. The Kier molecular flexibility index (Phi) is 3.87. The van der Waals surface area contributed by atoms with Gasteiger partial charge in [-0.25, -0.2) is 0 Å². The van der Waals surface area contributed by atoms with Crippen LogP contribution in [0.5, 0.6) is 0 Å². The number of hydrogen-bond acceptors (Lipinski definition) is 2. The average molecular weight is 266 g/mol. The van der Waals surface area contributed by atoms with E-state index in [1.165, 1.54) is 5.56 Å². The molecule has 1 atom stereocenters. The van der Waals surface area contributed by atoms with E-state index < -0.39 is 0 Å². The van der Waals surface area contributed by atoms with Crippen molar-refractivity contribution in [3.05, 3.63) is 57.2 Å². The highest BCUT2D eigenvalue weighted by molar-refractivity contribution is 7.07. The van der Waals surface area contributed by atoms with E-state index in [0.717, 1.165) is 23.4 Å². The van der Waals surface area contributed by atoms with Crippen LogP contribution in [0, 0.1) is 0 Å². The van der Waals surface area contributed by atoms with E-state index in [2.05, 4.69) is 23.8 Å². The van der Waals surface area contributed by atoms with Crippen LogP contribution < -0.4 is 5.73 Å². The Bertz CT molecular complexity index is 477. The molecule has 0 saturated carbocycles. The molecule has 1 aromatic heterocycles. The molecule has 17 heavy (non-hydrogen) atoms. The number of rotatable bonds is 4. The van der Waals surface area contributed by atoms with Crippen molar-refractivity contribution in [3.63, 3.8) is 0 Å². The molecule has 3 heteroatoms. The van der Waals surface area contributed by atoms with Crippen LogP contribution >= 0.6 is 22.9 Å². The van der Waals surface area contributed by atoms with Gasteiger partial charge in [0.1, 0.15) is 0 Å². The number of thiophene rings is 1. The molecule has 2 aromatic rings. The highest BCUT2D eigenvalue weighted by atomic mass is 35.5. The Morgan fingerprint density at radius 1 is 1.35 bits per heavy atom. The molecule has 0 fully saturated rings. The number of aryl methyl sites for hydroxylation is 1. The van der Waals surface area contributed by atoms with Gasteiger partial charge in [-0.15, -0.1) is 0 Å². The monoisotopic (exact) mass is 265 g/mol. The van der Waals surface area contributed by atoms with Crippen LogP contribution in [0.2, 0.25) is 5.02 Å². The van der Waals surface area contributed by atoms with Gasteiger partial charge in [-0.3, -0.25) is 0 Å². The molecule has 0 spiro atoms. The second-order valence-electron chi connectivity index (χ2n) is 4.56. The lowest BCUT2D eigenvalue weighted by Crippen LogP contribution is -2.33. The lowest BCUT2D eigenvalue weighted by molar-refractivity contribution is 0.453. The molecule has 1 heterocycles. The Labute approximate surface area is 111 Å². The highest BCUT2D eigenvalue weighted by Gasteiger charge is 2.21. The van der Waals surface area contributed by atoms with Gasteiger partial charge < -0.3 is 5.73 Å². The van der Waals surface area contributed by atoms with Gasteiger partial charge in [-0.05, 0) is 59.9 Å². The summed E-state index contributed by atoms with van der Waals surface area (Å²) in [5, 5.41) is 5.02. The maximum absolute atomic E-state index is 6.37. The van der Waals surface area contributed by atoms with Crippen molar-refractivity contribution < 1.29 is 0 Å². The summed E-state index contributed by atoms with van der Waals surface area (Å²) < 4.78 is 0. The third-order valence-corrected chi connectivity index (χ3v) is 3.96. The molecule has 1 unspecified atom stereocenters. The quantitative estimate of drug-likeness (QED) is 0.881. The zero-order valence-electron chi connectivity index (χ0n) is 9.82. The van der Waals surface area contributed by atoms with E-state index in [9.17, 15) is 0 Å². The van der Waals surface area contributed by atoms with Crippen molar-refractivity contribution in [1.82, 2.24) is 0 Å². The van der Waals surface area contributed by atoms with Gasteiger partial charge in [0.05, 0.1) is 0 Å². The number of nitrogens with two attached hydrogens (primary N) is 1. The van der Waals surface area contributed by atoms with Gasteiger partial charge in [0.25, 0.3) is 0 Å². The predicted octanol–water partition coefficient (Wildman–Crippen LogP) is 4.21. The first-order chi connectivity index (χ1) is 8.08. The molecule has 1 aromatic carbocycles. The van der Waals surface area contributed by atoms with Gasteiger partial charge >= 0.3 is 0 Å². The van der Waals surface area contributed by atoms with Crippen LogP contribution in [0.15, 0.2) is 41.1 Å². The van der Waals surface area contributed by atoms with Crippen molar-refractivity contribution in [2.24, 2.45) is 5.73 Å². The molecule has 0 amide bonds. The van der Waals surface area contributed by atoms with Crippen LogP contribution in [0.4, 0.5) is 0 Å². The molecule has 0 bridgehead atoms. The smallest absolute Gasteiger partial charge is 0.0409 e. The van der Waals surface area contributed by atoms with Gasteiger partial charge in [0.2, 0.25) is 0 Å². The van der Waals surface area contributed by atoms with Crippen molar-refractivity contribution in [2.45, 2.75) is 25.3 Å². The number of hydrogen-bond donors (Lipinski definition) is 1. The Morgan fingerprint density at radius 3 is 2.82 bits per heavy atom. The maximum Gasteiger partial charge on any atom is 0.0409 e. The fourth-order valence-electron chi connectivity index (χ4n) is 1.83. The van der Waals surface area contributed by atoms with E-state index in [1.807, 2.05) is 24.3 Å². The van der Waals surface area contributed by atoms with Gasteiger partial charge in [-0.1, -0.05) is 23.7 Å². The zero-order chi connectivity index (χ0) is 12.3. The summed E-state index contributed by atoms with van der Waals surface area (Å²) in [5.41, 5.74) is 8.49. The minimum absolute atomic E-state index is 0.327. The third kappa shape index (κ3) is 3.32. The summed E-state index contributed by atoms with van der Waals surface area (Å²) in [5.74, 6) is 0. The van der Waals surface area contributed by atoms with Crippen molar-refractivity contribution in [2.75, 3.05) is 0 Å². The van der Waals surface area contributed by atoms with Crippen LogP contribution in [-0.2, 0) is 12.0 Å². The fourth-order valence-corrected chi connectivity index (χ4v) is 2.72. The van der Waals surface area contributed by atoms with E-state index in [0.29, 0.717) is 0 Å². The second kappa shape index (κ2) is 5.21. The molecule has 0 aliphatic heterocycles. The first kappa shape index (κ1) is 12.6. The normalized spacial score (nSPS) is 14.5. The molecule has 90 valence electrons. The number of halogens is 1. The van der Waals surface area contributed by atoms with Crippen molar-refractivity contribution >= 4 is 22.9 Å². The Hall–Kier alpha value is -0.830. The molecule has 1 nitrogen and oxygen atoms in total. The lowest BCUT2D eigenvalue weighted by atomic mass is 9.87. The van der Waals surface area contributed by atoms with E-state index >= 15 is 0 Å². The number of benzene rings is 1. The Balaban J connectivity index is 2.08. The van der Waals surface area contributed by atoms with Crippen molar-refractivity contribution in [3.8, 4) is 0 Å². The summed E-state index contributed by atoms with van der Waals surface area (Å²) in [7, 11) is 0. The second-order valence-corrected chi connectivity index (χ2v) is 5.78. The summed E-state index contributed by atoms with van der Waals surface area (Å²) in [6.07, 6.45) is 1.92. The van der Waals surface area contributed by atoms with Gasteiger partial charge in [-0.2, -0.15) is 11.3 Å². The summed E-state index contributed by atoms with van der Waals surface area (Å²) in [6.45, 7) is 2.06. The minimum atomic E-state index is -0.327. The van der Waals surface area contributed by atoms with Crippen LogP contribution in [0.1, 0.15) is 24.5 Å². The predicted molar refractivity (Wildman–Crippen MR) is 75.6 cm³/mol. The SMILES string of the molecule is CC(N)(CCc1ccsc1)c1cccc(Cl)c1. The Morgan fingerprint density at radius 2 is 2.18 bits per heavy atom. The van der Waals surface area contributed by atoms with E-state index in [-0.39, 0.29) is 5.54 Å². The molecule has 2 rings (SSSR count). The molecular weight excluding hydrogens is 250 g/mol. The van der Waals surface area contributed by atoms with Crippen molar-refractivity contribution in [1.29, 1.82) is 0 Å².